The molecule has 0 aromatic carbocycles. The lowest BCUT2D eigenvalue weighted by atomic mass is 9.87. The topological polar surface area (TPSA) is 58.6 Å². The molecule has 1 heterocycles. The van der Waals surface area contributed by atoms with Gasteiger partial charge in [-0.25, -0.2) is 0 Å². The number of rotatable bonds is 4. The minimum Gasteiger partial charge on any atom is -0.396 e. The number of carbonyl (C=O) groups excluding carboxylic acids is 1. The Morgan fingerprint density at radius 2 is 2.18 bits per heavy atom. The molecule has 17 heavy (non-hydrogen) atoms. The summed E-state index contributed by atoms with van der Waals surface area (Å²) in [5.41, 5.74) is -0.0548. The summed E-state index contributed by atoms with van der Waals surface area (Å²) in [7, 11) is 0. The van der Waals surface area contributed by atoms with Crippen molar-refractivity contribution in [3.8, 4) is 0 Å². The van der Waals surface area contributed by atoms with Crippen LogP contribution >= 0.6 is 0 Å². The monoisotopic (exact) mass is 241 g/mol. The first kappa shape index (κ1) is 12.8. The van der Waals surface area contributed by atoms with Crippen LogP contribution in [-0.4, -0.2) is 36.9 Å². The van der Waals surface area contributed by atoms with Crippen molar-refractivity contribution in [3.05, 3.63) is 0 Å². The molecule has 0 aromatic rings. The molecule has 1 saturated heterocycles. The lowest BCUT2D eigenvalue weighted by molar-refractivity contribution is -0.125. The zero-order valence-electron chi connectivity index (χ0n) is 10.6. The van der Waals surface area contributed by atoms with E-state index >= 15 is 0 Å². The van der Waals surface area contributed by atoms with Crippen molar-refractivity contribution >= 4 is 5.91 Å². The molecule has 2 fully saturated rings. The van der Waals surface area contributed by atoms with Gasteiger partial charge in [0.05, 0.1) is 25.2 Å². The average molecular weight is 241 g/mol. The highest BCUT2D eigenvalue weighted by Gasteiger charge is 2.35. The van der Waals surface area contributed by atoms with Gasteiger partial charge in [-0.2, -0.15) is 0 Å². The van der Waals surface area contributed by atoms with Crippen molar-refractivity contribution < 1.29 is 14.6 Å². The van der Waals surface area contributed by atoms with Crippen LogP contribution in [0.1, 0.15) is 39.0 Å². The summed E-state index contributed by atoms with van der Waals surface area (Å²) in [5.74, 6) is 0.0937. The third-order valence-corrected chi connectivity index (χ3v) is 4.21. The first-order valence-corrected chi connectivity index (χ1v) is 6.65. The van der Waals surface area contributed by atoms with Gasteiger partial charge in [0, 0.05) is 12.0 Å². The molecule has 0 radical (unpaired) electrons. The van der Waals surface area contributed by atoms with Crippen LogP contribution in [0.15, 0.2) is 0 Å². The average Bonchev–Trinajstić information content (AvgIpc) is 2.95. The van der Waals surface area contributed by atoms with Crippen molar-refractivity contribution in [2.24, 2.45) is 11.3 Å². The number of hydrogen-bond acceptors (Lipinski definition) is 3. The fourth-order valence-corrected chi connectivity index (χ4v) is 2.93. The van der Waals surface area contributed by atoms with Crippen molar-refractivity contribution in [2.75, 3.05) is 19.8 Å². The molecule has 2 unspecified atom stereocenters. The third kappa shape index (κ3) is 2.99. The van der Waals surface area contributed by atoms with E-state index in [1.807, 2.05) is 6.92 Å². The number of aliphatic hydroxyl groups excluding tert-OH is 1. The van der Waals surface area contributed by atoms with Crippen LogP contribution in [0.5, 0.6) is 0 Å². The van der Waals surface area contributed by atoms with Crippen LogP contribution in [0.3, 0.4) is 0 Å². The molecule has 1 aliphatic heterocycles. The molecule has 1 aliphatic carbocycles. The van der Waals surface area contributed by atoms with Crippen molar-refractivity contribution in [1.29, 1.82) is 0 Å². The second kappa shape index (κ2) is 5.36. The maximum atomic E-state index is 11.9. The quantitative estimate of drug-likeness (QED) is 0.774. The maximum Gasteiger partial charge on any atom is 0.225 e. The van der Waals surface area contributed by atoms with Crippen LogP contribution in [-0.2, 0) is 9.53 Å². The van der Waals surface area contributed by atoms with E-state index in [0.717, 1.165) is 19.3 Å². The van der Waals surface area contributed by atoms with Gasteiger partial charge in [0.2, 0.25) is 5.91 Å². The van der Waals surface area contributed by atoms with Crippen LogP contribution in [0, 0.1) is 11.3 Å². The minimum absolute atomic E-state index is 0.00199. The van der Waals surface area contributed by atoms with Gasteiger partial charge in [-0.1, -0.05) is 12.8 Å². The molecule has 98 valence electrons. The number of aliphatic hydroxyl groups is 1. The maximum absolute atomic E-state index is 11.9. The normalized spacial score (nSPS) is 31.6. The van der Waals surface area contributed by atoms with E-state index in [9.17, 15) is 9.90 Å². The molecule has 1 saturated carbocycles. The van der Waals surface area contributed by atoms with Gasteiger partial charge < -0.3 is 15.2 Å². The molecule has 0 aromatic heterocycles. The van der Waals surface area contributed by atoms with E-state index in [1.54, 1.807) is 0 Å². The second-order valence-corrected chi connectivity index (χ2v) is 5.66. The lowest BCUT2D eigenvalue weighted by Crippen LogP contribution is -2.41. The lowest BCUT2D eigenvalue weighted by Gasteiger charge is -2.27. The fourth-order valence-electron chi connectivity index (χ4n) is 2.93. The molecule has 1 amide bonds. The summed E-state index contributed by atoms with van der Waals surface area (Å²) in [6, 6.07) is 0. The number of ether oxygens (including phenoxy) is 1. The van der Waals surface area contributed by atoms with Crippen molar-refractivity contribution in [1.82, 2.24) is 5.32 Å². The molecular weight excluding hydrogens is 218 g/mol. The van der Waals surface area contributed by atoms with E-state index in [0.29, 0.717) is 13.2 Å². The first-order chi connectivity index (χ1) is 8.15. The fraction of sp³-hybridized carbons (Fsp3) is 0.923. The molecule has 2 rings (SSSR count). The Labute approximate surface area is 103 Å². The van der Waals surface area contributed by atoms with E-state index in [-0.39, 0.29) is 30.0 Å². The van der Waals surface area contributed by atoms with Crippen LogP contribution in [0.25, 0.3) is 0 Å². The largest absolute Gasteiger partial charge is 0.396 e. The standard InChI is InChI=1S/C13H23NO3/c1-10-6-11(7-17-10)12(16)14-8-13(9-15)4-2-3-5-13/h10-11,15H,2-9H2,1H3,(H,14,16). The van der Waals surface area contributed by atoms with Gasteiger partial charge in [0.25, 0.3) is 0 Å². The van der Waals surface area contributed by atoms with E-state index in [2.05, 4.69) is 5.32 Å². The predicted molar refractivity (Wildman–Crippen MR) is 64.5 cm³/mol. The minimum atomic E-state index is -0.0548. The highest BCUT2D eigenvalue weighted by molar-refractivity contribution is 5.79. The molecule has 2 N–H and O–H groups in total. The molecular formula is C13H23NO3. The Morgan fingerprint density at radius 3 is 2.71 bits per heavy atom. The number of carbonyl (C=O) groups is 1. The zero-order chi connectivity index (χ0) is 12.3. The van der Waals surface area contributed by atoms with E-state index < -0.39 is 0 Å². The predicted octanol–water partition coefficient (Wildman–Crippen LogP) is 1.08. The number of nitrogens with one attached hydrogen (secondary N) is 1. The van der Waals surface area contributed by atoms with Gasteiger partial charge in [-0.15, -0.1) is 0 Å². The Bertz CT molecular complexity index is 274. The Morgan fingerprint density at radius 1 is 1.47 bits per heavy atom. The second-order valence-electron chi connectivity index (χ2n) is 5.66. The molecule has 0 bridgehead atoms. The van der Waals surface area contributed by atoms with Gasteiger partial charge in [0.1, 0.15) is 0 Å². The molecule has 2 atom stereocenters. The van der Waals surface area contributed by atoms with Crippen molar-refractivity contribution in [2.45, 2.75) is 45.1 Å². The summed E-state index contributed by atoms with van der Waals surface area (Å²) in [6.45, 7) is 3.34. The first-order valence-electron chi connectivity index (χ1n) is 6.65. The number of amides is 1. The third-order valence-electron chi connectivity index (χ3n) is 4.21. The summed E-state index contributed by atoms with van der Waals surface area (Å²) >= 11 is 0. The molecule has 4 nitrogen and oxygen atoms in total. The van der Waals surface area contributed by atoms with Crippen LogP contribution < -0.4 is 5.32 Å². The molecule has 4 heteroatoms. The zero-order valence-corrected chi connectivity index (χ0v) is 10.6. The smallest absolute Gasteiger partial charge is 0.225 e. The van der Waals surface area contributed by atoms with Crippen LogP contribution in [0.2, 0.25) is 0 Å². The number of hydrogen-bond donors (Lipinski definition) is 2. The SMILES string of the molecule is CC1CC(C(=O)NCC2(CO)CCCC2)CO1. The van der Waals surface area contributed by atoms with Crippen molar-refractivity contribution in [3.63, 3.8) is 0 Å². The molecule has 2 aliphatic rings. The van der Waals surface area contributed by atoms with Crippen LogP contribution in [0.4, 0.5) is 0 Å². The summed E-state index contributed by atoms with van der Waals surface area (Å²) in [4.78, 5) is 11.9. The molecule has 0 spiro atoms. The Hall–Kier alpha value is -0.610. The Kier molecular flexibility index (Phi) is 4.05. The van der Waals surface area contributed by atoms with Gasteiger partial charge >= 0.3 is 0 Å². The van der Waals surface area contributed by atoms with Gasteiger partial charge in [0.15, 0.2) is 0 Å². The van der Waals surface area contributed by atoms with E-state index in [1.165, 1.54) is 12.8 Å². The summed E-state index contributed by atoms with van der Waals surface area (Å²) in [5, 5.41) is 12.5. The van der Waals surface area contributed by atoms with E-state index in [4.69, 9.17) is 4.74 Å². The summed E-state index contributed by atoms with van der Waals surface area (Å²) in [6.07, 6.45) is 5.41. The highest BCUT2D eigenvalue weighted by Crippen LogP contribution is 2.37. The Balaban J connectivity index is 1.79. The summed E-state index contributed by atoms with van der Waals surface area (Å²) < 4.78 is 5.40. The van der Waals surface area contributed by atoms with Gasteiger partial charge in [-0.05, 0) is 26.2 Å². The van der Waals surface area contributed by atoms with Gasteiger partial charge in [-0.3, -0.25) is 4.79 Å². The highest BCUT2D eigenvalue weighted by atomic mass is 16.5.